The molecule has 2 rings (SSSR count). The van der Waals surface area contributed by atoms with E-state index < -0.39 is 47.6 Å². The lowest BCUT2D eigenvalue weighted by molar-refractivity contribution is -0.146. The van der Waals surface area contributed by atoms with Crippen molar-refractivity contribution >= 4 is 34.7 Å². The number of esters is 1. The molecule has 0 saturated carbocycles. The first-order valence-corrected chi connectivity index (χ1v) is 10.6. The van der Waals surface area contributed by atoms with Gasteiger partial charge in [-0.1, -0.05) is 36.4 Å². The summed E-state index contributed by atoms with van der Waals surface area (Å²) in [4.78, 5) is 52.1. The predicted molar refractivity (Wildman–Crippen MR) is 123 cm³/mol. The molecule has 2 aromatic rings. The number of amides is 2. The van der Waals surface area contributed by atoms with Crippen molar-refractivity contribution in [2.24, 2.45) is 0 Å². The Morgan fingerprint density at radius 1 is 0.818 bits per heavy atom. The topological polar surface area (TPSA) is 99.2 Å². The summed E-state index contributed by atoms with van der Waals surface area (Å²) in [5, 5.41) is 1.79. The number of rotatable bonds is 5. The molecule has 0 aliphatic carbocycles. The van der Waals surface area contributed by atoms with Crippen LogP contribution in [-0.4, -0.2) is 53.2 Å². The average Bonchev–Trinajstić information content (AvgIpc) is 2.69. The summed E-state index contributed by atoms with van der Waals surface area (Å²) in [6, 6.07) is 11.0. The number of carbonyl (C=O) groups excluding carboxylic acids is 4. The maximum Gasteiger partial charge on any atom is 0.420 e. The number of benzene rings is 2. The summed E-state index contributed by atoms with van der Waals surface area (Å²) in [7, 11) is 1.11. The molecule has 2 aromatic carbocycles. The maximum atomic E-state index is 13.1. The van der Waals surface area contributed by atoms with Gasteiger partial charge in [0.25, 0.3) is 0 Å². The van der Waals surface area contributed by atoms with Crippen molar-refractivity contribution in [2.45, 2.75) is 65.2 Å². The van der Waals surface area contributed by atoms with Crippen LogP contribution in [0.3, 0.4) is 0 Å². The molecule has 0 N–H and O–H groups in total. The molecule has 0 bridgehead atoms. The molecule has 0 aromatic heterocycles. The van der Waals surface area contributed by atoms with E-state index in [1.807, 2.05) is 24.3 Å². The maximum absolute atomic E-state index is 13.1. The fourth-order valence-corrected chi connectivity index (χ4v) is 3.02. The molecule has 2 amide bonds. The van der Waals surface area contributed by atoms with E-state index in [2.05, 4.69) is 0 Å². The minimum atomic E-state index is -1.57. The highest BCUT2D eigenvalue weighted by atomic mass is 16.6. The fourth-order valence-electron chi connectivity index (χ4n) is 3.02. The fraction of sp³-hybridized carbons (Fsp3) is 0.440. The first-order valence-electron chi connectivity index (χ1n) is 10.6. The van der Waals surface area contributed by atoms with Gasteiger partial charge in [0.15, 0.2) is 11.8 Å². The zero-order chi connectivity index (χ0) is 25.0. The van der Waals surface area contributed by atoms with Gasteiger partial charge in [0.1, 0.15) is 11.2 Å². The molecule has 8 heteroatoms. The minimum Gasteiger partial charge on any atom is -0.467 e. The molecule has 33 heavy (non-hydrogen) atoms. The summed E-state index contributed by atoms with van der Waals surface area (Å²) in [6.45, 7) is 9.70. The number of carbonyl (C=O) groups is 4. The van der Waals surface area contributed by atoms with Crippen molar-refractivity contribution in [1.29, 1.82) is 0 Å². The normalized spacial score (nSPS) is 12.6. The van der Waals surface area contributed by atoms with Crippen LogP contribution in [0.4, 0.5) is 9.59 Å². The van der Waals surface area contributed by atoms with Gasteiger partial charge in [-0.15, -0.1) is 0 Å². The lowest BCUT2D eigenvalue weighted by Gasteiger charge is -2.32. The van der Waals surface area contributed by atoms with Gasteiger partial charge < -0.3 is 14.2 Å². The summed E-state index contributed by atoms with van der Waals surface area (Å²) in [6.07, 6.45) is -2.72. The Kier molecular flexibility index (Phi) is 7.84. The van der Waals surface area contributed by atoms with Crippen molar-refractivity contribution in [3.05, 3.63) is 48.0 Å². The zero-order valence-electron chi connectivity index (χ0n) is 20.1. The van der Waals surface area contributed by atoms with Crippen molar-refractivity contribution in [3.63, 3.8) is 0 Å². The summed E-state index contributed by atoms with van der Waals surface area (Å²) >= 11 is 0. The van der Waals surface area contributed by atoms with E-state index in [0.717, 1.165) is 17.9 Å². The number of ketones is 1. The van der Waals surface area contributed by atoms with E-state index >= 15 is 0 Å². The Morgan fingerprint density at radius 3 is 1.82 bits per heavy atom. The van der Waals surface area contributed by atoms with E-state index in [0.29, 0.717) is 10.5 Å². The first kappa shape index (κ1) is 25.8. The van der Waals surface area contributed by atoms with Crippen LogP contribution in [0.2, 0.25) is 0 Å². The number of imide groups is 1. The Morgan fingerprint density at radius 2 is 1.33 bits per heavy atom. The van der Waals surface area contributed by atoms with Gasteiger partial charge in [-0.2, -0.15) is 4.90 Å². The Hall–Kier alpha value is -3.42. The summed E-state index contributed by atoms with van der Waals surface area (Å²) in [5.41, 5.74) is -1.59. The highest BCUT2D eigenvalue weighted by molar-refractivity contribution is 6.03. The molecule has 178 valence electrons. The van der Waals surface area contributed by atoms with E-state index in [4.69, 9.17) is 14.2 Å². The molecule has 0 radical (unpaired) electrons. The van der Waals surface area contributed by atoms with Gasteiger partial charge in [-0.05, 0) is 58.4 Å². The lowest BCUT2D eigenvalue weighted by Crippen LogP contribution is -2.53. The zero-order valence-corrected chi connectivity index (χ0v) is 20.1. The highest BCUT2D eigenvalue weighted by Gasteiger charge is 2.42. The largest absolute Gasteiger partial charge is 0.467 e. The molecule has 1 unspecified atom stereocenters. The van der Waals surface area contributed by atoms with Crippen LogP contribution in [0, 0.1) is 0 Å². The van der Waals surface area contributed by atoms with Gasteiger partial charge in [-0.3, -0.25) is 4.79 Å². The van der Waals surface area contributed by atoms with Crippen molar-refractivity contribution in [1.82, 2.24) is 4.90 Å². The lowest BCUT2D eigenvalue weighted by atomic mass is 9.99. The molecule has 0 saturated heterocycles. The monoisotopic (exact) mass is 457 g/mol. The molecule has 0 aliphatic heterocycles. The predicted octanol–water partition coefficient (Wildman–Crippen LogP) is 5.13. The first-order chi connectivity index (χ1) is 15.2. The van der Waals surface area contributed by atoms with Crippen LogP contribution >= 0.6 is 0 Å². The van der Waals surface area contributed by atoms with Crippen LogP contribution in [0.1, 0.15) is 58.3 Å². The second kappa shape index (κ2) is 10.0. The number of fused-ring (bicyclic) bond motifs is 1. The van der Waals surface area contributed by atoms with E-state index in [1.165, 1.54) is 0 Å². The summed E-state index contributed by atoms with van der Waals surface area (Å²) in [5.74, 6) is -1.39. The number of hydrogen-bond donors (Lipinski definition) is 0. The van der Waals surface area contributed by atoms with Gasteiger partial charge in [0.2, 0.25) is 0 Å². The third-order valence-electron chi connectivity index (χ3n) is 4.42. The van der Waals surface area contributed by atoms with Gasteiger partial charge in [-0.25, -0.2) is 14.4 Å². The molecular weight excluding hydrogens is 426 g/mol. The second-order valence-electron chi connectivity index (χ2n) is 9.56. The Labute approximate surface area is 193 Å². The molecule has 0 aliphatic rings. The average molecular weight is 458 g/mol. The molecule has 1 atom stereocenters. The Bertz CT molecular complexity index is 1020. The molecule has 0 fully saturated rings. The van der Waals surface area contributed by atoms with Crippen LogP contribution < -0.4 is 0 Å². The number of Topliss-reactive ketones (excluding diaryl/α,β-unsaturated/α-hetero) is 1. The molecular formula is C25H31NO7. The number of hydrogen-bond acceptors (Lipinski definition) is 7. The summed E-state index contributed by atoms with van der Waals surface area (Å²) < 4.78 is 15.5. The quantitative estimate of drug-likeness (QED) is 0.349. The van der Waals surface area contributed by atoms with E-state index in [9.17, 15) is 19.2 Å². The third-order valence-corrected chi connectivity index (χ3v) is 4.42. The van der Waals surface area contributed by atoms with Crippen molar-refractivity contribution < 1.29 is 33.4 Å². The van der Waals surface area contributed by atoms with Gasteiger partial charge >= 0.3 is 18.2 Å². The molecule has 0 heterocycles. The van der Waals surface area contributed by atoms with Gasteiger partial charge in [0, 0.05) is 12.0 Å². The minimum absolute atomic E-state index is 0.330. The second-order valence-corrected chi connectivity index (χ2v) is 9.56. The molecule has 0 spiro atoms. The van der Waals surface area contributed by atoms with Crippen molar-refractivity contribution in [2.75, 3.05) is 7.11 Å². The smallest absolute Gasteiger partial charge is 0.420 e. The standard InChI is InChI=1S/C25H31NO7/c1-24(2,3)32-22(29)26(23(30)33-25(4,5)6)19(21(28)31-7)15-20(27)18-13-12-16-10-8-9-11-17(16)14-18/h8-14,19H,15H2,1-7H3. The number of nitrogens with zero attached hydrogens (tertiary/aromatic N) is 1. The number of methoxy groups -OCH3 is 1. The molecule has 8 nitrogen and oxygen atoms in total. The Balaban J connectivity index is 2.43. The third kappa shape index (κ3) is 7.30. The van der Waals surface area contributed by atoms with Crippen LogP contribution in [-0.2, 0) is 19.0 Å². The number of ether oxygens (including phenoxy) is 3. The van der Waals surface area contributed by atoms with Crippen LogP contribution in [0.5, 0.6) is 0 Å². The van der Waals surface area contributed by atoms with Gasteiger partial charge in [0.05, 0.1) is 7.11 Å². The van der Waals surface area contributed by atoms with E-state index in [1.54, 1.807) is 59.7 Å². The van der Waals surface area contributed by atoms with Crippen LogP contribution in [0.25, 0.3) is 10.8 Å². The van der Waals surface area contributed by atoms with Crippen LogP contribution in [0.15, 0.2) is 42.5 Å². The highest BCUT2D eigenvalue weighted by Crippen LogP contribution is 2.22. The van der Waals surface area contributed by atoms with E-state index in [-0.39, 0.29) is 0 Å². The van der Waals surface area contributed by atoms with Crippen molar-refractivity contribution in [3.8, 4) is 0 Å². The SMILES string of the molecule is COC(=O)C(CC(=O)c1ccc2ccccc2c1)N(C(=O)OC(C)(C)C)C(=O)OC(C)(C)C.